The van der Waals surface area contributed by atoms with E-state index in [1.807, 2.05) is 31.2 Å². The van der Waals surface area contributed by atoms with Crippen molar-refractivity contribution in [2.75, 3.05) is 23.8 Å². The molecule has 0 radical (unpaired) electrons. The van der Waals surface area contributed by atoms with Crippen LogP contribution in [-0.4, -0.2) is 28.4 Å². The summed E-state index contributed by atoms with van der Waals surface area (Å²) >= 11 is 0. The molecular formula is C25H24N2O5S. The van der Waals surface area contributed by atoms with Crippen molar-refractivity contribution >= 4 is 27.2 Å². The first kappa shape index (κ1) is 22.4. The number of sulfonamides is 1. The van der Waals surface area contributed by atoms with E-state index >= 15 is 0 Å². The molecule has 0 aromatic heterocycles. The second-order valence-corrected chi connectivity index (χ2v) is 9.40. The van der Waals surface area contributed by atoms with Crippen molar-refractivity contribution in [2.24, 2.45) is 0 Å². The quantitative estimate of drug-likeness (QED) is 0.541. The number of hydrogen-bond acceptors (Lipinski definition) is 6. The van der Waals surface area contributed by atoms with Crippen LogP contribution < -0.4 is 19.1 Å². The highest BCUT2D eigenvalue weighted by Gasteiger charge is 2.40. The number of Topliss-reactive ketones (excluding diaryl/α,β-unsaturated/α-hetero) is 1. The van der Waals surface area contributed by atoms with Crippen LogP contribution in [0.25, 0.3) is 0 Å². The number of carbonyl (C=O) groups is 1. The van der Waals surface area contributed by atoms with Gasteiger partial charge >= 0.3 is 0 Å². The molecule has 33 heavy (non-hydrogen) atoms. The van der Waals surface area contributed by atoms with Gasteiger partial charge in [0.2, 0.25) is 5.78 Å². The number of carbonyl (C=O) groups excluding carboxylic acids is 1. The third-order valence-corrected chi connectivity index (χ3v) is 7.14. The summed E-state index contributed by atoms with van der Waals surface area (Å²) in [5.41, 5.74) is 3.10. The van der Waals surface area contributed by atoms with Gasteiger partial charge in [-0.2, -0.15) is 0 Å². The molecule has 3 aromatic carbocycles. The predicted molar refractivity (Wildman–Crippen MR) is 128 cm³/mol. The lowest BCUT2D eigenvalue weighted by molar-refractivity contribution is 0.104. The van der Waals surface area contributed by atoms with Gasteiger partial charge in [0.25, 0.3) is 10.0 Å². The van der Waals surface area contributed by atoms with Gasteiger partial charge < -0.3 is 14.8 Å². The van der Waals surface area contributed by atoms with Gasteiger partial charge in [0.05, 0.1) is 26.5 Å². The molecule has 0 atom stereocenters. The van der Waals surface area contributed by atoms with Gasteiger partial charge in [-0.15, -0.1) is 0 Å². The second-order valence-electron chi connectivity index (χ2n) is 7.57. The number of aryl methyl sites for hydroxylation is 1. The second kappa shape index (κ2) is 8.99. The van der Waals surface area contributed by atoms with E-state index in [9.17, 15) is 13.2 Å². The molecule has 3 aromatic rings. The van der Waals surface area contributed by atoms with Crippen molar-refractivity contribution in [3.8, 4) is 11.5 Å². The molecule has 0 spiro atoms. The number of methoxy groups -OCH3 is 2. The van der Waals surface area contributed by atoms with Crippen molar-refractivity contribution in [3.63, 3.8) is 0 Å². The summed E-state index contributed by atoms with van der Waals surface area (Å²) in [4.78, 5) is 12.8. The number of fused-ring (bicyclic) bond motifs is 1. The molecule has 0 fully saturated rings. The van der Waals surface area contributed by atoms with E-state index in [0.717, 1.165) is 11.1 Å². The van der Waals surface area contributed by atoms with E-state index in [2.05, 4.69) is 5.32 Å². The fraction of sp³-hybridized carbons (Fsp3) is 0.160. The first-order chi connectivity index (χ1) is 15.8. The Morgan fingerprint density at radius 3 is 2.42 bits per heavy atom. The maximum atomic E-state index is 13.6. The predicted octanol–water partition coefficient (Wildman–Crippen LogP) is 4.50. The normalized spacial score (nSPS) is 15.8. The summed E-state index contributed by atoms with van der Waals surface area (Å²) in [5.74, 6) is 0.458. The summed E-state index contributed by atoms with van der Waals surface area (Å²) in [6.07, 6.45) is 1.23. The Morgan fingerprint density at radius 1 is 0.939 bits per heavy atom. The Balaban J connectivity index is 1.75. The van der Waals surface area contributed by atoms with Crippen LogP contribution in [0.1, 0.15) is 21.5 Å². The lowest BCUT2D eigenvalue weighted by Gasteiger charge is -2.31. The molecule has 0 amide bonds. The lowest BCUT2D eigenvalue weighted by atomic mass is 10.1. The minimum atomic E-state index is -4.11. The zero-order valence-corrected chi connectivity index (χ0v) is 19.3. The number of nitrogens with one attached hydrogen (secondary N) is 1. The van der Waals surface area contributed by atoms with Gasteiger partial charge in [-0.1, -0.05) is 42.0 Å². The zero-order valence-electron chi connectivity index (χ0n) is 18.5. The SMILES string of the molecule is COc1ccc(N/C=C2\C(=O)c3ccccc3N(Cc3cccc(C)c3)S2(=O)=O)cc1OC. The van der Waals surface area contributed by atoms with Crippen LogP contribution in [0, 0.1) is 6.92 Å². The Kier molecular flexibility index (Phi) is 6.11. The van der Waals surface area contributed by atoms with Gasteiger partial charge in [-0.3, -0.25) is 9.10 Å². The Hall–Kier alpha value is -3.78. The van der Waals surface area contributed by atoms with Crippen LogP contribution in [0.3, 0.4) is 0 Å². The Bertz CT molecular complexity index is 1350. The third kappa shape index (κ3) is 4.29. The van der Waals surface area contributed by atoms with E-state index < -0.39 is 15.8 Å². The van der Waals surface area contributed by atoms with Gasteiger partial charge in [0.15, 0.2) is 16.4 Å². The van der Waals surface area contributed by atoms with Crippen molar-refractivity contribution in [2.45, 2.75) is 13.5 Å². The van der Waals surface area contributed by atoms with Crippen LogP contribution in [0.2, 0.25) is 0 Å². The van der Waals surface area contributed by atoms with E-state index in [1.54, 1.807) is 42.5 Å². The molecule has 0 bridgehead atoms. The number of rotatable bonds is 6. The maximum Gasteiger partial charge on any atom is 0.270 e. The minimum Gasteiger partial charge on any atom is -0.493 e. The highest BCUT2D eigenvalue weighted by atomic mass is 32.2. The standard InChI is InChI=1S/C25H24N2O5S/c1-17-7-6-8-18(13-17)16-27-21-10-5-4-9-20(21)25(28)24(33(27,29)30)15-26-19-11-12-22(31-2)23(14-19)32-3/h4-15,26H,16H2,1-3H3/b24-15+. The van der Waals surface area contributed by atoms with Crippen molar-refractivity contribution in [1.82, 2.24) is 0 Å². The maximum absolute atomic E-state index is 13.6. The average Bonchev–Trinajstić information content (AvgIpc) is 2.81. The smallest absolute Gasteiger partial charge is 0.270 e. The number of ether oxygens (including phenoxy) is 2. The fourth-order valence-corrected chi connectivity index (χ4v) is 5.27. The van der Waals surface area contributed by atoms with Crippen LogP contribution >= 0.6 is 0 Å². The highest BCUT2D eigenvalue weighted by molar-refractivity contribution is 7.97. The summed E-state index contributed by atoms with van der Waals surface area (Å²) in [6, 6.07) is 19.4. The molecule has 4 rings (SSSR count). The summed E-state index contributed by atoms with van der Waals surface area (Å²) in [5, 5.41) is 2.93. The minimum absolute atomic E-state index is 0.113. The molecule has 8 heteroatoms. The number of allylic oxidation sites excluding steroid dienone is 1. The van der Waals surface area contributed by atoms with E-state index in [1.165, 1.54) is 24.7 Å². The largest absolute Gasteiger partial charge is 0.493 e. The van der Waals surface area contributed by atoms with Crippen LogP contribution in [0.5, 0.6) is 11.5 Å². The van der Waals surface area contributed by atoms with Gasteiger partial charge in [-0.05, 0) is 36.8 Å². The topological polar surface area (TPSA) is 84.9 Å². The molecule has 1 aliphatic rings. The van der Waals surface area contributed by atoms with Gasteiger partial charge in [0, 0.05) is 23.5 Å². The Labute approximate surface area is 193 Å². The van der Waals surface area contributed by atoms with Crippen molar-refractivity contribution in [1.29, 1.82) is 0 Å². The molecule has 0 aliphatic carbocycles. The molecule has 170 valence electrons. The van der Waals surface area contributed by atoms with Crippen LogP contribution in [0.4, 0.5) is 11.4 Å². The summed E-state index contributed by atoms with van der Waals surface area (Å²) in [7, 11) is -1.07. The fourth-order valence-electron chi connectivity index (χ4n) is 3.74. The molecule has 0 saturated heterocycles. The van der Waals surface area contributed by atoms with Gasteiger partial charge in [-0.25, -0.2) is 8.42 Å². The highest BCUT2D eigenvalue weighted by Crippen LogP contribution is 2.36. The number of anilines is 2. The Morgan fingerprint density at radius 2 is 1.70 bits per heavy atom. The molecule has 7 nitrogen and oxygen atoms in total. The van der Waals surface area contributed by atoms with Crippen LogP contribution in [0.15, 0.2) is 77.8 Å². The number of hydrogen-bond donors (Lipinski definition) is 1. The monoisotopic (exact) mass is 464 g/mol. The molecule has 0 unspecified atom stereocenters. The third-order valence-electron chi connectivity index (χ3n) is 5.37. The van der Waals surface area contributed by atoms with Gasteiger partial charge in [0.1, 0.15) is 0 Å². The zero-order chi connectivity index (χ0) is 23.6. The van der Waals surface area contributed by atoms with Crippen molar-refractivity contribution in [3.05, 3.63) is 94.5 Å². The number of benzene rings is 3. The average molecular weight is 465 g/mol. The summed E-state index contributed by atoms with van der Waals surface area (Å²) < 4.78 is 38.9. The van der Waals surface area contributed by atoms with Crippen molar-refractivity contribution < 1.29 is 22.7 Å². The molecule has 1 aliphatic heterocycles. The number of para-hydroxylation sites is 1. The number of ketones is 1. The number of nitrogens with zero attached hydrogens (tertiary/aromatic N) is 1. The molecule has 1 heterocycles. The molecule has 0 saturated carbocycles. The van der Waals surface area contributed by atoms with E-state index in [-0.39, 0.29) is 11.4 Å². The first-order valence-corrected chi connectivity index (χ1v) is 11.7. The molecular weight excluding hydrogens is 440 g/mol. The van der Waals surface area contributed by atoms with E-state index in [0.29, 0.717) is 28.4 Å². The van der Waals surface area contributed by atoms with Crippen LogP contribution in [-0.2, 0) is 16.6 Å². The lowest BCUT2D eigenvalue weighted by Crippen LogP contribution is -2.39. The first-order valence-electron chi connectivity index (χ1n) is 10.3. The van der Waals surface area contributed by atoms with E-state index in [4.69, 9.17) is 9.47 Å². The summed E-state index contributed by atoms with van der Waals surface area (Å²) in [6.45, 7) is 2.06. The molecule has 1 N–H and O–H groups in total.